The summed E-state index contributed by atoms with van der Waals surface area (Å²) >= 11 is 0. The van der Waals surface area contributed by atoms with Gasteiger partial charge in [-0.25, -0.2) is 9.37 Å². The lowest BCUT2D eigenvalue weighted by Gasteiger charge is -2.17. The Morgan fingerprint density at radius 3 is 3.16 bits per heavy atom. The van der Waals surface area contributed by atoms with E-state index in [9.17, 15) is 4.39 Å². The Morgan fingerprint density at radius 1 is 1.37 bits per heavy atom. The largest absolute Gasteiger partial charge is 0.330 e. The summed E-state index contributed by atoms with van der Waals surface area (Å²) in [6.45, 7) is 1.10. The molecule has 4 heteroatoms. The minimum absolute atomic E-state index is 0.194. The topological polar surface area (TPSA) is 29.9 Å². The highest BCUT2D eigenvalue weighted by molar-refractivity contribution is 5.76. The Balaban J connectivity index is 1.81. The van der Waals surface area contributed by atoms with Crippen LogP contribution in [0.5, 0.6) is 0 Å². The molecule has 2 aromatic rings. The van der Waals surface area contributed by atoms with E-state index < -0.39 is 0 Å². The van der Waals surface area contributed by atoms with Crippen LogP contribution in [0.15, 0.2) is 18.2 Å². The fourth-order valence-corrected chi connectivity index (χ4v) is 3.93. The quantitative estimate of drug-likeness (QED) is 0.853. The number of halogens is 1. The summed E-state index contributed by atoms with van der Waals surface area (Å²) in [5.41, 5.74) is 1.78. The van der Waals surface area contributed by atoms with Crippen LogP contribution in [0.4, 0.5) is 4.39 Å². The summed E-state index contributed by atoms with van der Waals surface area (Å²) in [5.74, 6) is 2.39. The van der Waals surface area contributed by atoms with Crippen molar-refractivity contribution < 1.29 is 4.39 Å². The van der Waals surface area contributed by atoms with Crippen molar-refractivity contribution in [2.45, 2.75) is 25.3 Å². The maximum atomic E-state index is 13.4. The number of benzene rings is 1. The van der Waals surface area contributed by atoms with Crippen LogP contribution in [0.25, 0.3) is 11.0 Å². The highest BCUT2D eigenvalue weighted by Gasteiger charge is 2.41. The average Bonchev–Trinajstić information content (AvgIpc) is 3.05. The first-order valence-electron chi connectivity index (χ1n) is 7.09. The van der Waals surface area contributed by atoms with Crippen molar-refractivity contribution in [3.8, 4) is 0 Å². The summed E-state index contributed by atoms with van der Waals surface area (Å²) in [7, 11) is 1.99. The predicted octanol–water partition coefficient (Wildman–Crippen LogP) is 2.77. The third kappa shape index (κ3) is 1.62. The molecule has 2 aliphatic rings. The number of nitrogens with one attached hydrogen (secondary N) is 1. The lowest BCUT2D eigenvalue weighted by Crippen LogP contribution is -2.21. The number of aromatic nitrogens is 2. The van der Waals surface area contributed by atoms with E-state index in [1.807, 2.05) is 7.05 Å². The second-order valence-corrected chi connectivity index (χ2v) is 5.90. The second kappa shape index (κ2) is 4.04. The van der Waals surface area contributed by atoms with E-state index in [-0.39, 0.29) is 5.82 Å². The number of rotatable bonds is 1. The van der Waals surface area contributed by atoms with Gasteiger partial charge in [-0.05, 0) is 49.4 Å². The van der Waals surface area contributed by atoms with Gasteiger partial charge in [0.1, 0.15) is 11.6 Å². The van der Waals surface area contributed by atoms with Gasteiger partial charge in [0, 0.05) is 7.05 Å². The zero-order valence-electron chi connectivity index (χ0n) is 11.1. The Morgan fingerprint density at radius 2 is 2.26 bits per heavy atom. The molecule has 0 radical (unpaired) electrons. The number of nitrogens with zero attached hydrogens (tertiary/aromatic N) is 2. The third-order valence-corrected chi connectivity index (χ3v) is 4.90. The number of fused-ring (bicyclic) bond motifs is 2. The molecule has 1 saturated carbocycles. The molecule has 4 rings (SSSR count). The second-order valence-electron chi connectivity index (χ2n) is 5.90. The molecular formula is C15H18FN3. The highest BCUT2D eigenvalue weighted by atomic mass is 19.1. The Kier molecular flexibility index (Phi) is 2.42. The van der Waals surface area contributed by atoms with E-state index in [0.717, 1.165) is 29.3 Å². The van der Waals surface area contributed by atoms with Crippen molar-refractivity contribution in [1.82, 2.24) is 14.9 Å². The first-order valence-corrected chi connectivity index (χ1v) is 7.09. The minimum Gasteiger partial charge on any atom is -0.330 e. The molecule has 3 nitrogen and oxygen atoms in total. The van der Waals surface area contributed by atoms with Gasteiger partial charge in [0.2, 0.25) is 0 Å². The zero-order chi connectivity index (χ0) is 13.0. The van der Waals surface area contributed by atoms with Crippen molar-refractivity contribution >= 4 is 11.0 Å². The molecule has 2 heterocycles. The van der Waals surface area contributed by atoms with Crippen molar-refractivity contribution in [2.24, 2.45) is 18.9 Å². The predicted molar refractivity (Wildman–Crippen MR) is 72.2 cm³/mol. The third-order valence-electron chi connectivity index (χ3n) is 4.90. The van der Waals surface area contributed by atoms with Gasteiger partial charge in [-0.1, -0.05) is 6.42 Å². The number of aryl methyl sites for hydroxylation is 1. The average molecular weight is 259 g/mol. The smallest absolute Gasteiger partial charge is 0.127 e. The van der Waals surface area contributed by atoms with Crippen LogP contribution in [0.1, 0.15) is 31.1 Å². The van der Waals surface area contributed by atoms with E-state index >= 15 is 0 Å². The molecule has 3 unspecified atom stereocenters. The molecule has 2 fully saturated rings. The maximum Gasteiger partial charge on any atom is 0.127 e. The van der Waals surface area contributed by atoms with Crippen LogP contribution < -0.4 is 5.32 Å². The molecule has 19 heavy (non-hydrogen) atoms. The van der Waals surface area contributed by atoms with Crippen molar-refractivity contribution in [1.29, 1.82) is 0 Å². The van der Waals surface area contributed by atoms with Gasteiger partial charge >= 0.3 is 0 Å². The first-order chi connectivity index (χ1) is 9.24. The molecule has 0 spiro atoms. The van der Waals surface area contributed by atoms with Gasteiger partial charge in [-0.15, -0.1) is 0 Å². The van der Waals surface area contributed by atoms with Gasteiger partial charge in [-0.3, -0.25) is 0 Å². The van der Waals surface area contributed by atoms with Gasteiger partial charge in [-0.2, -0.15) is 0 Å². The van der Waals surface area contributed by atoms with Crippen LogP contribution in [-0.2, 0) is 7.05 Å². The van der Waals surface area contributed by atoms with E-state index in [0.29, 0.717) is 12.0 Å². The molecule has 3 atom stereocenters. The fourth-order valence-electron chi connectivity index (χ4n) is 3.93. The lowest BCUT2D eigenvalue weighted by molar-refractivity contribution is 0.402. The minimum atomic E-state index is -0.194. The van der Waals surface area contributed by atoms with Gasteiger partial charge in [0.05, 0.1) is 17.1 Å². The van der Waals surface area contributed by atoms with Gasteiger partial charge in [0.25, 0.3) is 0 Å². The summed E-state index contributed by atoms with van der Waals surface area (Å²) in [6.07, 6.45) is 3.97. The molecule has 0 amide bonds. The van der Waals surface area contributed by atoms with Crippen LogP contribution in [0, 0.1) is 17.7 Å². The van der Waals surface area contributed by atoms with E-state index in [4.69, 9.17) is 4.98 Å². The van der Waals surface area contributed by atoms with Gasteiger partial charge in [0.15, 0.2) is 0 Å². The van der Waals surface area contributed by atoms with Crippen molar-refractivity contribution in [3.05, 3.63) is 29.8 Å². The van der Waals surface area contributed by atoms with Gasteiger partial charge < -0.3 is 9.88 Å². The number of imidazole rings is 1. The zero-order valence-corrected chi connectivity index (χ0v) is 11.1. The fraction of sp³-hybridized carbons (Fsp3) is 0.533. The standard InChI is InChI=1S/C15H18FN3/c1-19-13-7-10(16)5-6-12(13)18-15(19)14-11-4-2-3-9(11)8-17-14/h5-7,9,11,14,17H,2-4,8H2,1H3. The van der Waals surface area contributed by atoms with E-state index in [1.165, 1.54) is 25.3 Å². The maximum absolute atomic E-state index is 13.4. The van der Waals surface area contributed by atoms with Crippen molar-refractivity contribution in [3.63, 3.8) is 0 Å². The van der Waals surface area contributed by atoms with Crippen LogP contribution in [-0.4, -0.2) is 16.1 Å². The van der Waals surface area contributed by atoms with Crippen LogP contribution >= 0.6 is 0 Å². The molecule has 1 saturated heterocycles. The molecule has 1 N–H and O–H groups in total. The summed E-state index contributed by atoms with van der Waals surface area (Å²) in [5, 5.41) is 3.61. The summed E-state index contributed by atoms with van der Waals surface area (Å²) in [6, 6.07) is 5.18. The summed E-state index contributed by atoms with van der Waals surface area (Å²) < 4.78 is 15.4. The van der Waals surface area contributed by atoms with E-state index in [2.05, 4.69) is 9.88 Å². The molecule has 0 bridgehead atoms. The molecule has 1 aromatic heterocycles. The number of hydrogen-bond acceptors (Lipinski definition) is 2. The molecular weight excluding hydrogens is 241 g/mol. The lowest BCUT2D eigenvalue weighted by atomic mass is 9.94. The molecule has 1 aliphatic heterocycles. The molecule has 1 aliphatic carbocycles. The SMILES string of the molecule is Cn1c(C2NCC3CCCC32)nc2ccc(F)cc21. The molecule has 100 valence electrons. The Labute approximate surface area is 111 Å². The van der Waals surface area contributed by atoms with E-state index in [1.54, 1.807) is 12.1 Å². The van der Waals surface area contributed by atoms with Crippen LogP contribution in [0.3, 0.4) is 0 Å². The number of hydrogen-bond donors (Lipinski definition) is 1. The monoisotopic (exact) mass is 259 g/mol. The Bertz CT molecular complexity index is 634. The van der Waals surface area contributed by atoms with Crippen LogP contribution in [0.2, 0.25) is 0 Å². The Hall–Kier alpha value is -1.42. The van der Waals surface area contributed by atoms with Crippen molar-refractivity contribution in [2.75, 3.05) is 6.54 Å². The summed E-state index contributed by atoms with van der Waals surface area (Å²) in [4.78, 5) is 4.73. The first kappa shape index (κ1) is 11.4. The normalized spacial score (nSPS) is 30.1. The highest BCUT2D eigenvalue weighted by Crippen LogP contribution is 2.44. The molecule has 1 aromatic carbocycles.